The molecule has 7 heteroatoms. The number of ether oxygens (including phenoxy) is 1. The van der Waals surface area contributed by atoms with Gasteiger partial charge in [-0.1, -0.05) is 5.21 Å². The second-order valence-corrected chi connectivity index (χ2v) is 4.21. The highest BCUT2D eigenvalue weighted by atomic mass is 16.5. The van der Waals surface area contributed by atoms with E-state index in [0.29, 0.717) is 12.2 Å². The SMILES string of the molecule is COC1CC(NC(=O)Cn2cc(CN)nn2)C1. The van der Waals surface area contributed by atoms with Crippen LogP contribution in [0.1, 0.15) is 18.5 Å². The first kappa shape index (κ1) is 12.0. The summed E-state index contributed by atoms with van der Waals surface area (Å²) >= 11 is 0. The van der Waals surface area contributed by atoms with E-state index in [9.17, 15) is 4.79 Å². The van der Waals surface area contributed by atoms with Crippen LogP contribution in [0.15, 0.2) is 6.20 Å². The molecule has 1 saturated carbocycles. The first-order valence-corrected chi connectivity index (χ1v) is 5.62. The molecule has 0 atom stereocenters. The lowest BCUT2D eigenvalue weighted by Crippen LogP contribution is -2.48. The summed E-state index contributed by atoms with van der Waals surface area (Å²) in [5.74, 6) is -0.0574. The predicted molar refractivity (Wildman–Crippen MR) is 59.9 cm³/mol. The van der Waals surface area contributed by atoms with Crippen LogP contribution in [-0.4, -0.2) is 40.2 Å². The van der Waals surface area contributed by atoms with Crippen LogP contribution in [0.4, 0.5) is 0 Å². The molecule has 7 nitrogen and oxygen atoms in total. The Morgan fingerprint density at radius 2 is 2.47 bits per heavy atom. The largest absolute Gasteiger partial charge is 0.381 e. The predicted octanol–water partition coefficient (Wildman–Crippen LogP) is -0.970. The van der Waals surface area contributed by atoms with Crippen molar-refractivity contribution >= 4 is 5.91 Å². The molecule has 0 spiro atoms. The van der Waals surface area contributed by atoms with E-state index in [4.69, 9.17) is 10.5 Å². The fraction of sp³-hybridized carbons (Fsp3) is 0.700. The number of nitrogens with two attached hydrogens (primary N) is 1. The van der Waals surface area contributed by atoms with E-state index >= 15 is 0 Å². The van der Waals surface area contributed by atoms with Gasteiger partial charge in [-0.25, -0.2) is 4.68 Å². The minimum Gasteiger partial charge on any atom is -0.381 e. The molecule has 1 fully saturated rings. The van der Waals surface area contributed by atoms with Crippen LogP contribution >= 0.6 is 0 Å². The van der Waals surface area contributed by atoms with Gasteiger partial charge in [0.25, 0.3) is 0 Å². The smallest absolute Gasteiger partial charge is 0.242 e. The second-order valence-electron chi connectivity index (χ2n) is 4.21. The summed E-state index contributed by atoms with van der Waals surface area (Å²) in [5.41, 5.74) is 6.09. The Hall–Kier alpha value is -1.47. The van der Waals surface area contributed by atoms with Gasteiger partial charge in [0.2, 0.25) is 5.91 Å². The summed E-state index contributed by atoms with van der Waals surface area (Å²) in [6, 6.07) is 0.227. The first-order chi connectivity index (χ1) is 8.21. The van der Waals surface area contributed by atoms with Gasteiger partial charge in [-0.15, -0.1) is 5.10 Å². The van der Waals surface area contributed by atoms with Gasteiger partial charge in [0.1, 0.15) is 6.54 Å². The summed E-state index contributed by atoms with van der Waals surface area (Å²) in [6.07, 6.45) is 3.73. The van der Waals surface area contributed by atoms with E-state index in [-0.39, 0.29) is 24.6 Å². The van der Waals surface area contributed by atoms with Crippen molar-refractivity contribution in [1.82, 2.24) is 20.3 Å². The average Bonchev–Trinajstić information content (AvgIpc) is 2.70. The molecule has 1 amide bonds. The fourth-order valence-electron chi connectivity index (χ4n) is 1.81. The van der Waals surface area contributed by atoms with Crippen molar-refractivity contribution in [2.45, 2.75) is 38.1 Å². The van der Waals surface area contributed by atoms with Crippen LogP contribution in [0.25, 0.3) is 0 Å². The first-order valence-electron chi connectivity index (χ1n) is 5.62. The average molecular weight is 239 g/mol. The molecule has 17 heavy (non-hydrogen) atoms. The number of amides is 1. The highest BCUT2D eigenvalue weighted by Gasteiger charge is 2.29. The Kier molecular flexibility index (Phi) is 3.70. The van der Waals surface area contributed by atoms with Crippen LogP contribution in [0, 0.1) is 0 Å². The number of nitrogens with zero attached hydrogens (tertiary/aromatic N) is 3. The maximum absolute atomic E-state index is 11.6. The zero-order valence-corrected chi connectivity index (χ0v) is 9.80. The third-order valence-corrected chi connectivity index (χ3v) is 2.89. The maximum atomic E-state index is 11.6. The number of hydrogen-bond donors (Lipinski definition) is 2. The van der Waals surface area contributed by atoms with Crippen LogP contribution in [-0.2, 0) is 22.6 Å². The molecule has 0 bridgehead atoms. The number of hydrogen-bond acceptors (Lipinski definition) is 5. The molecule has 0 saturated heterocycles. The molecular weight excluding hydrogens is 222 g/mol. The molecule has 1 aromatic rings. The van der Waals surface area contributed by atoms with Gasteiger partial charge in [0.05, 0.1) is 18.0 Å². The molecule has 1 aliphatic rings. The van der Waals surface area contributed by atoms with Crippen LogP contribution < -0.4 is 11.1 Å². The van der Waals surface area contributed by atoms with E-state index in [1.165, 1.54) is 4.68 Å². The normalized spacial score (nSPS) is 23.2. The molecule has 1 aliphatic carbocycles. The summed E-state index contributed by atoms with van der Waals surface area (Å²) in [5, 5.41) is 10.5. The number of aromatic nitrogens is 3. The summed E-state index contributed by atoms with van der Waals surface area (Å²) < 4.78 is 6.63. The molecule has 1 aromatic heterocycles. The molecule has 0 aromatic carbocycles. The molecule has 0 unspecified atom stereocenters. The van der Waals surface area contributed by atoms with Gasteiger partial charge in [-0.05, 0) is 12.8 Å². The van der Waals surface area contributed by atoms with Gasteiger partial charge < -0.3 is 15.8 Å². The third-order valence-electron chi connectivity index (χ3n) is 2.89. The van der Waals surface area contributed by atoms with E-state index in [2.05, 4.69) is 15.6 Å². The van der Waals surface area contributed by atoms with Crippen molar-refractivity contribution in [3.8, 4) is 0 Å². The zero-order valence-electron chi connectivity index (χ0n) is 9.80. The van der Waals surface area contributed by atoms with Crippen molar-refractivity contribution in [3.63, 3.8) is 0 Å². The second kappa shape index (κ2) is 5.24. The minimum atomic E-state index is -0.0574. The Morgan fingerprint density at radius 3 is 3.06 bits per heavy atom. The van der Waals surface area contributed by atoms with E-state index in [1.54, 1.807) is 13.3 Å². The summed E-state index contributed by atoms with van der Waals surface area (Å²) in [7, 11) is 1.69. The van der Waals surface area contributed by atoms with Crippen molar-refractivity contribution in [2.75, 3.05) is 7.11 Å². The van der Waals surface area contributed by atoms with Crippen molar-refractivity contribution in [1.29, 1.82) is 0 Å². The Morgan fingerprint density at radius 1 is 1.71 bits per heavy atom. The Balaban J connectivity index is 1.74. The molecule has 3 N–H and O–H groups in total. The molecule has 2 rings (SSSR count). The van der Waals surface area contributed by atoms with Crippen molar-refractivity contribution in [3.05, 3.63) is 11.9 Å². The lowest BCUT2D eigenvalue weighted by atomic mass is 9.89. The molecule has 0 radical (unpaired) electrons. The number of carbonyl (C=O) groups excluding carboxylic acids is 1. The third kappa shape index (κ3) is 3.01. The lowest BCUT2D eigenvalue weighted by Gasteiger charge is -2.34. The Bertz CT molecular complexity index is 386. The topological polar surface area (TPSA) is 95.1 Å². The van der Waals surface area contributed by atoms with Gasteiger partial charge in [0, 0.05) is 19.7 Å². The number of nitrogens with one attached hydrogen (secondary N) is 1. The Labute approximate surface area is 99.3 Å². The van der Waals surface area contributed by atoms with E-state index in [0.717, 1.165) is 12.8 Å². The summed E-state index contributed by atoms with van der Waals surface area (Å²) in [6.45, 7) is 0.515. The zero-order chi connectivity index (χ0) is 12.3. The van der Waals surface area contributed by atoms with Crippen LogP contribution in [0.2, 0.25) is 0 Å². The highest BCUT2D eigenvalue weighted by Crippen LogP contribution is 2.22. The number of methoxy groups -OCH3 is 1. The molecule has 94 valence electrons. The molecular formula is C10H17N5O2. The lowest BCUT2D eigenvalue weighted by molar-refractivity contribution is -0.124. The van der Waals surface area contributed by atoms with Crippen LogP contribution in [0.5, 0.6) is 0 Å². The fourth-order valence-corrected chi connectivity index (χ4v) is 1.81. The van der Waals surface area contributed by atoms with E-state index < -0.39 is 0 Å². The van der Waals surface area contributed by atoms with E-state index in [1.807, 2.05) is 0 Å². The number of rotatable bonds is 5. The number of carbonyl (C=O) groups is 1. The monoisotopic (exact) mass is 239 g/mol. The maximum Gasteiger partial charge on any atom is 0.242 e. The van der Waals surface area contributed by atoms with Gasteiger partial charge in [0.15, 0.2) is 0 Å². The van der Waals surface area contributed by atoms with Crippen molar-refractivity contribution in [2.24, 2.45) is 5.73 Å². The van der Waals surface area contributed by atoms with Crippen molar-refractivity contribution < 1.29 is 9.53 Å². The highest BCUT2D eigenvalue weighted by molar-refractivity contribution is 5.76. The molecule has 0 aliphatic heterocycles. The molecule has 1 heterocycles. The quantitative estimate of drug-likeness (QED) is 0.689. The van der Waals surface area contributed by atoms with Crippen LogP contribution in [0.3, 0.4) is 0 Å². The van der Waals surface area contributed by atoms with Gasteiger partial charge in [-0.2, -0.15) is 0 Å². The summed E-state index contributed by atoms with van der Waals surface area (Å²) in [4.78, 5) is 11.6. The van der Waals surface area contributed by atoms with Gasteiger partial charge >= 0.3 is 0 Å². The minimum absolute atomic E-state index is 0.0574. The standard InChI is InChI=1S/C10H17N5O2/c1-17-9-2-7(3-9)12-10(16)6-15-5-8(4-11)13-14-15/h5,7,9H,2-4,6,11H2,1H3,(H,12,16). The van der Waals surface area contributed by atoms with Gasteiger partial charge in [-0.3, -0.25) is 4.79 Å².